The number of rotatable bonds is 12. The third kappa shape index (κ3) is 9.30. The zero-order chi connectivity index (χ0) is 20.4. The number of hydrogen-bond donors (Lipinski definition) is 1. The van der Waals surface area contributed by atoms with Crippen molar-refractivity contribution in [3.8, 4) is 0 Å². The topological polar surface area (TPSA) is 109 Å². The molecule has 1 aromatic heterocycles. The Labute approximate surface area is 158 Å². The first-order valence-electron chi connectivity index (χ1n) is 8.69. The molecule has 0 amide bonds. The van der Waals surface area contributed by atoms with Crippen LogP contribution >= 0.6 is 7.60 Å². The summed E-state index contributed by atoms with van der Waals surface area (Å²) in [5.41, 5.74) is -0.503. The molecule has 0 radical (unpaired) electrons. The number of nitrogens with zero attached hydrogens (tertiary/aromatic N) is 1. The highest BCUT2D eigenvalue weighted by molar-refractivity contribution is 7.53. The summed E-state index contributed by atoms with van der Waals surface area (Å²) in [4.78, 5) is 25.1. The first kappa shape index (κ1) is 23.5. The molecule has 1 rings (SSSR count). The second-order valence-corrected chi connectivity index (χ2v) is 8.33. The van der Waals surface area contributed by atoms with Crippen LogP contribution in [0.2, 0.25) is 0 Å². The van der Waals surface area contributed by atoms with E-state index < -0.39 is 18.8 Å². The largest absolute Gasteiger partial charge is 0.365 e. The van der Waals surface area contributed by atoms with Crippen LogP contribution in [0.25, 0.3) is 0 Å². The maximum atomic E-state index is 12.5. The number of aromatic amines is 1. The van der Waals surface area contributed by atoms with Crippen LogP contribution in [-0.2, 0) is 29.8 Å². The fourth-order valence-electron chi connectivity index (χ4n) is 2.03. The van der Waals surface area contributed by atoms with Gasteiger partial charge in [-0.05, 0) is 34.6 Å². The molecule has 10 heteroatoms. The molecule has 1 aromatic rings. The van der Waals surface area contributed by atoms with Gasteiger partial charge in [-0.1, -0.05) is 12.2 Å². The second kappa shape index (κ2) is 11.4. The SMILES string of the molecule is Cc1cn(COC/C=C\COCP(=O)(OC(C)C)OC(C)C)c(=O)[nH]c1=O. The lowest BCUT2D eigenvalue weighted by Crippen LogP contribution is -2.31. The van der Waals surface area contributed by atoms with Crippen LogP contribution in [0.3, 0.4) is 0 Å². The van der Waals surface area contributed by atoms with E-state index in [0.717, 1.165) is 0 Å². The first-order chi connectivity index (χ1) is 12.6. The third-order valence-electron chi connectivity index (χ3n) is 3.01. The number of H-pyrrole nitrogens is 1. The average Bonchev–Trinajstić information content (AvgIpc) is 2.52. The van der Waals surface area contributed by atoms with E-state index in [0.29, 0.717) is 5.56 Å². The molecule has 0 fully saturated rings. The van der Waals surface area contributed by atoms with Gasteiger partial charge in [-0.15, -0.1) is 0 Å². The third-order valence-corrected chi connectivity index (χ3v) is 4.99. The van der Waals surface area contributed by atoms with Crippen molar-refractivity contribution in [1.29, 1.82) is 0 Å². The van der Waals surface area contributed by atoms with Crippen molar-refractivity contribution in [3.63, 3.8) is 0 Å². The molecular weight excluding hydrogens is 375 g/mol. The molecule has 0 saturated carbocycles. The van der Waals surface area contributed by atoms with Crippen molar-refractivity contribution >= 4 is 7.60 Å². The highest BCUT2D eigenvalue weighted by Gasteiger charge is 2.27. The molecule has 154 valence electrons. The van der Waals surface area contributed by atoms with E-state index in [-0.39, 0.29) is 38.5 Å². The van der Waals surface area contributed by atoms with Gasteiger partial charge in [0.25, 0.3) is 5.56 Å². The number of aryl methyl sites for hydroxylation is 1. The Morgan fingerprint density at radius 2 is 1.63 bits per heavy atom. The van der Waals surface area contributed by atoms with Crippen molar-refractivity contribution < 1.29 is 23.1 Å². The van der Waals surface area contributed by atoms with Crippen LogP contribution in [-0.4, -0.2) is 41.3 Å². The van der Waals surface area contributed by atoms with Crippen molar-refractivity contribution in [1.82, 2.24) is 9.55 Å². The molecule has 0 aliphatic rings. The van der Waals surface area contributed by atoms with Gasteiger partial charge in [0.1, 0.15) is 13.1 Å². The average molecular weight is 404 g/mol. The summed E-state index contributed by atoms with van der Waals surface area (Å²) < 4.78 is 35.3. The van der Waals surface area contributed by atoms with Crippen LogP contribution in [0.5, 0.6) is 0 Å². The minimum atomic E-state index is -3.30. The van der Waals surface area contributed by atoms with E-state index in [1.165, 1.54) is 10.8 Å². The molecule has 1 N–H and O–H groups in total. The van der Waals surface area contributed by atoms with Gasteiger partial charge >= 0.3 is 13.3 Å². The van der Waals surface area contributed by atoms with Gasteiger partial charge < -0.3 is 18.5 Å². The molecule has 27 heavy (non-hydrogen) atoms. The Balaban J connectivity index is 2.35. The number of nitrogens with one attached hydrogen (secondary N) is 1. The van der Waals surface area contributed by atoms with Crippen LogP contribution in [0.4, 0.5) is 0 Å². The summed E-state index contributed by atoms with van der Waals surface area (Å²) in [6.07, 6.45) is 4.25. The zero-order valence-corrected chi connectivity index (χ0v) is 17.4. The van der Waals surface area contributed by atoms with Gasteiger partial charge in [-0.2, -0.15) is 0 Å². The summed E-state index contributed by atoms with van der Waals surface area (Å²) in [5.74, 6) is 0. The fraction of sp³-hybridized carbons (Fsp3) is 0.647. The lowest BCUT2D eigenvalue weighted by molar-refractivity contribution is 0.0949. The Morgan fingerprint density at radius 3 is 2.19 bits per heavy atom. The van der Waals surface area contributed by atoms with E-state index in [2.05, 4.69) is 4.98 Å². The number of ether oxygens (including phenoxy) is 2. The molecule has 9 nitrogen and oxygen atoms in total. The lowest BCUT2D eigenvalue weighted by atomic mass is 10.4. The predicted molar refractivity (Wildman–Crippen MR) is 102 cm³/mol. The smallest absolute Gasteiger partial charge is 0.356 e. The second-order valence-electron chi connectivity index (χ2n) is 6.43. The molecule has 0 atom stereocenters. The monoisotopic (exact) mass is 404 g/mol. The van der Waals surface area contributed by atoms with Crippen molar-refractivity contribution in [2.75, 3.05) is 19.6 Å². The zero-order valence-electron chi connectivity index (χ0n) is 16.5. The molecule has 0 saturated heterocycles. The van der Waals surface area contributed by atoms with E-state index in [1.807, 2.05) is 0 Å². The van der Waals surface area contributed by atoms with E-state index >= 15 is 0 Å². The van der Waals surface area contributed by atoms with Crippen molar-refractivity contribution in [2.45, 2.75) is 53.6 Å². The van der Waals surface area contributed by atoms with Gasteiger partial charge in [0, 0.05) is 11.8 Å². The van der Waals surface area contributed by atoms with E-state index in [9.17, 15) is 14.2 Å². The molecule has 1 heterocycles. The maximum absolute atomic E-state index is 12.5. The number of aromatic nitrogens is 2. The summed E-state index contributed by atoms with van der Waals surface area (Å²) in [6, 6.07) is 0. The molecule has 0 spiro atoms. The molecule has 0 aliphatic heterocycles. The molecule has 0 bridgehead atoms. The van der Waals surface area contributed by atoms with E-state index in [1.54, 1.807) is 46.8 Å². The summed E-state index contributed by atoms with van der Waals surface area (Å²) >= 11 is 0. The normalized spacial score (nSPS) is 12.6. The van der Waals surface area contributed by atoms with E-state index in [4.69, 9.17) is 18.5 Å². The molecule has 0 aromatic carbocycles. The first-order valence-corrected chi connectivity index (χ1v) is 10.4. The van der Waals surface area contributed by atoms with Gasteiger partial charge in [-0.25, -0.2) is 4.79 Å². The van der Waals surface area contributed by atoms with Gasteiger partial charge in [0.2, 0.25) is 0 Å². The molecule has 0 unspecified atom stereocenters. The van der Waals surface area contributed by atoms with Gasteiger partial charge in [0.05, 0.1) is 25.4 Å². The predicted octanol–water partition coefficient (Wildman–Crippen LogP) is 2.39. The maximum Gasteiger partial charge on any atom is 0.356 e. The van der Waals surface area contributed by atoms with Crippen molar-refractivity contribution in [2.24, 2.45) is 0 Å². The Hall–Kier alpha value is -1.51. The van der Waals surface area contributed by atoms with Gasteiger partial charge in [-0.3, -0.25) is 18.9 Å². The lowest BCUT2D eigenvalue weighted by Gasteiger charge is -2.22. The summed E-state index contributed by atoms with van der Waals surface area (Å²) in [6.45, 7) is 9.21. The molecular formula is C17H29N2O7P. The Morgan fingerprint density at radius 1 is 1.07 bits per heavy atom. The highest BCUT2D eigenvalue weighted by atomic mass is 31.2. The standard InChI is InChI=1S/C17H29N2O7P/c1-13(2)25-27(22,26-14(3)4)12-24-9-7-6-8-23-11-19-10-15(5)16(20)18-17(19)21/h6-7,10,13-14H,8-9,11-12H2,1-5H3,(H,18,20,21)/b7-6-. The molecule has 0 aliphatic carbocycles. The van der Waals surface area contributed by atoms with Crippen LogP contribution in [0.1, 0.15) is 33.3 Å². The summed E-state index contributed by atoms with van der Waals surface area (Å²) in [5, 5.41) is 0. The number of hydrogen-bond acceptors (Lipinski definition) is 7. The van der Waals surface area contributed by atoms with Crippen LogP contribution < -0.4 is 11.2 Å². The van der Waals surface area contributed by atoms with Gasteiger partial charge in [0.15, 0.2) is 0 Å². The minimum absolute atomic E-state index is 0.0152. The van der Waals surface area contributed by atoms with Crippen LogP contribution in [0, 0.1) is 6.92 Å². The minimum Gasteiger partial charge on any atom is -0.365 e. The quantitative estimate of drug-likeness (QED) is 0.324. The fourth-order valence-corrected chi connectivity index (χ4v) is 3.82. The Bertz CT molecular complexity index is 753. The Kier molecular flexibility index (Phi) is 9.90. The van der Waals surface area contributed by atoms with Crippen LogP contribution in [0.15, 0.2) is 27.9 Å². The van der Waals surface area contributed by atoms with Crippen molar-refractivity contribution in [3.05, 3.63) is 44.8 Å². The highest BCUT2D eigenvalue weighted by Crippen LogP contribution is 2.50. The summed E-state index contributed by atoms with van der Waals surface area (Å²) in [7, 11) is -3.30.